The molecule has 2 atom stereocenters. The number of anilines is 1. The van der Waals surface area contributed by atoms with Crippen LogP contribution >= 0.6 is 23.1 Å². The summed E-state index contributed by atoms with van der Waals surface area (Å²) in [6, 6.07) is 0.337. The van der Waals surface area contributed by atoms with Crippen molar-refractivity contribution < 1.29 is 9.53 Å². The average Bonchev–Trinajstić information content (AvgIpc) is 3.03. The predicted octanol–water partition coefficient (Wildman–Crippen LogP) is 3.16. The zero-order chi connectivity index (χ0) is 17.2. The smallest absolute Gasteiger partial charge is 0.230 e. The van der Waals surface area contributed by atoms with Crippen molar-refractivity contribution in [3.05, 3.63) is 0 Å². The van der Waals surface area contributed by atoms with Gasteiger partial charge in [0.2, 0.25) is 11.0 Å². The van der Waals surface area contributed by atoms with Gasteiger partial charge in [0, 0.05) is 25.8 Å². The van der Waals surface area contributed by atoms with E-state index in [1.165, 1.54) is 42.4 Å². The Kier molecular flexibility index (Phi) is 8.83. The van der Waals surface area contributed by atoms with E-state index in [4.69, 9.17) is 4.74 Å². The Labute approximate surface area is 152 Å². The minimum Gasteiger partial charge on any atom is -0.382 e. The monoisotopic (exact) mass is 372 g/mol. The fourth-order valence-electron chi connectivity index (χ4n) is 2.76. The molecule has 0 radical (unpaired) electrons. The Bertz CT molecular complexity index is 498. The van der Waals surface area contributed by atoms with Crippen LogP contribution in [0.4, 0.5) is 5.13 Å². The molecule has 1 aromatic heterocycles. The number of ether oxygens (including phenoxy) is 1. The normalized spacial score (nSPS) is 20.8. The fourth-order valence-corrected chi connectivity index (χ4v) is 4.35. The molecule has 1 heterocycles. The highest BCUT2D eigenvalue weighted by molar-refractivity contribution is 8.01. The lowest BCUT2D eigenvalue weighted by Gasteiger charge is -2.29. The summed E-state index contributed by atoms with van der Waals surface area (Å²) in [5.41, 5.74) is 0. The van der Waals surface area contributed by atoms with Gasteiger partial charge in [-0.15, -0.1) is 10.2 Å². The Morgan fingerprint density at radius 2 is 2.21 bits per heavy atom. The average molecular weight is 373 g/mol. The Hall–Kier alpha value is -0.860. The van der Waals surface area contributed by atoms with Gasteiger partial charge in [-0.25, -0.2) is 0 Å². The van der Waals surface area contributed by atoms with Crippen LogP contribution < -0.4 is 10.6 Å². The van der Waals surface area contributed by atoms with Crippen LogP contribution in [0.25, 0.3) is 0 Å². The minimum absolute atomic E-state index is 0.0974. The SMILES string of the molecule is CCOCCCNc1nnc(SCC(=O)NC2CCCCC2C)s1. The largest absolute Gasteiger partial charge is 0.382 e. The molecule has 1 fully saturated rings. The minimum atomic E-state index is 0.0974. The highest BCUT2D eigenvalue weighted by atomic mass is 32.2. The van der Waals surface area contributed by atoms with Crippen molar-refractivity contribution in [2.24, 2.45) is 5.92 Å². The maximum Gasteiger partial charge on any atom is 0.230 e. The molecule has 1 amide bonds. The molecule has 1 aliphatic rings. The number of thioether (sulfide) groups is 1. The summed E-state index contributed by atoms with van der Waals surface area (Å²) >= 11 is 2.95. The van der Waals surface area contributed by atoms with Crippen LogP contribution in [0.5, 0.6) is 0 Å². The van der Waals surface area contributed by atoms with E-state index in [0.717, 1.165) is 42.1 Å². The van der Waals surface area contributed by atoms with Crippen LogP contribution in [0, 0.1) is 5.92 Å². The first-order valence-electron chi connectivity index (χ1n) is 8.76. The van der Waals surface area contributed by atoms with Crippen LogP contribution in [-0.4, -0.2) is 47.7 Å². The number of carbonyl (C=O) groups is 1. The van der Waals surface area contributed by atoms with Gasteiger partial charge in [-0.05, 0) is 32.1 Å². The first kappa shape index (κ1) is 19.5. The molecule has 1 aromatic rings. The zero-order valence-corrected chi connectivity index (χ0v) is 16.2. The number of rotatable bonds is 10. The third-order valence-electron chi connectivity index (χ3n) is 4.14. The number of hydrogen-bond donors (Lipinski definition) is 2. The number of carbonyl (C=O) groups excluding carboxylic acids is 1. The summed E-state index contributed by atoms with van der Waals surface area (Å²) in [6.45, 7) is 6.54. The summed E-state index contributed by atoms with van der Waals surface area (Å²) in [5, 5.41) is 15.4. The second kappa shape index (κ2) is 10.9. The molecule has 24 heavy (non-hydrogen) atoms. The van der Waals surface area contributed by atoms with Gasteiger partial charge in [-0.3, -0.25) is 4.79 Å². The van der Waals surface area contributed by atoms with E-state index in [2.05, 4.69) is 27.8 Å². The van der Waals surface area contributed by atoms with Crippen molar-refractivity contribution in [3.63, 3.8) is 0 Å². The van der Waals surface area contributed by atoms with Crippen molar-refractivity contribution in [3.8, 4) is 0 Å². The highest BCUT2D eigenvalue weighted by Crippen LogP contribution is 2.26. The summed E-state index contributed by atoms with van der Waals surface area (Å²) in [5.74, 6) is 1.09. The van der Waals surface area contributed by atoms with Gasteiger partial charge in [0.25, 0.3) is 0 Å². The predicted molar refractivity (Wildman–Crippen MR) is 99.8 cm³/mol. The maximum atomic E-state index is 12.1. The Balaban J connectivity index is 1.64. The molecule has 136 valence electrons. The third-order valence-corrected chi connectivity index (χ3v) is 6.15. The zero-order valence-electron chi connectivity index (χ0n) is 14.5. The lowest BCUT2D eigenvalue weighted by atomic mass is 9.86. The van der Waals surface area contributed by atoms with Gasteiger partial charge < -0.3 is 15.4 Å². The van der Waals surface area contributed by atoms with Crippen molar-refractivity contribution in [1.82, 2.24) is 15.5 Å². The Morgan fingerprint density at radius 1 is 1.38 bits per heavy atom. The lowest BCUT2D eigenvalue weighted by molar-refractivity contribution is -0.119. The van der Waals surface area contributed by atoms with Crippen LogP contribution in [0.3, 0.4) is 0 Å². The van der Waals surface area contributed by atoms with E-state index >= 15 is 0 Å². The molecule has 0 bridgehead atoms. The summed E-state index contributed by atoms with van der Waals surface area (Å²) in [6.07, 6.45) is 5.77. The van der Waals surface area contributed by atoms with Crippen LogP contribution in [0.15, 0.2) is 4.34 Å². The van der Waals surface area contributed by atoms with E-state index in [0.29, 0.717) is 17.7 Å². The van der Waals surface area contributed by atoms with E-state index in [1.54, 1.807) is 0 Å². The maximum absolute atomic E-state index is 12.1. The van der Waals surface area contributed by atoms with Crippen LogP contribution in [-0.2, 0) is 9.53 Å². The van der Waals surface area contributed by atoms with Crippen molar-refractivity contribution >= 4 is 34.1 Å². The van der Waals surface area contributed by atoms with Crippen LogP contribution in [0.2, 0.25) is 0 Å². The molecule has 1 aliphatic carbocycles. The van der Waals surface area contributed by atoms with E-state index in [1.807, 2.05) is 6.92 Å². The molecular weight excluding hydrogens is 344 g/mol. The van der Waals surface area contributed by atoms with Crippen molar-refractivity contribution in [2.45, 2.75) is 56.3 Å². The number of hydrogen-bond acceptors (Lipinski definition) is 7. The number of amides is 1. The molecule has 0 saturated heterocycles. The van der Waals surface area contributed by atoms with Gasteiger partial charge in [0.05, 0.1) is 5.75 Å². The van der Waals surface area contributed by atoms with E-state index < -0.39 is 0 Å². The second-order valence-corrected chi connectivity index (χ2v) is 8.27. The third kappa shape index (κ3) is 6.94. The molecule has 1 saturated carbocycles. The van der Waals surface area contributed by atoms with Gasteiger partial charge in [0.1, 0.15) is 0 Å². The molecular formula is C16H28N4O2S2. The summed E-state index contributed by atoms with van der Waals surface area (Å²) in [7, 11) is 0. The van der Waals surface area contributed by atoms with Gasteiger partial charge in [-0.2, -0.15) is 0 Å². The van der Waals surface area contributed by atoms with E-state index in [-0.39, 0.29) is 5.91 Å². The second-order valence-electron chi connectivity index (χ2n) is 6.07. The quantitative estimate of drug-likeness (QED) is 0.485. The number of aromatic nitrogens is 2. The molecule has 2 N–H and O–H groups in total. The number of nitrogens with one attached hydrogen (secondary N) is 2. The lowest BCUT2D eigenvalue weighted by Crippen LogP contribution is -2.41. The van der Waals surface area contributed by atoms with Crippen molar-refractivity contribution in [2.75, 3.05) is 30.8 Å². The van der Waals surface area contributed by atoms with Crippen molar-refractivity contribution in [1.29, 1.82) is 0 Å². The van der Waals surface area contributed by atoms with E-state index in [9.17, 15) is 4.79 Å². The first-order valence-corrected chi connectivity index (χ1v) is 10.6. The standard InChI is InChI=1S/C16H28N4O2S2/c1-3-22-10-6-9-17-15-19-20-16(24-15)23-11-14(21)18-13-8-5-4-7-12(13)2/h12-13H,3-11H2,1-2H3,(H,17,19)(H,18,21). The summed E-state index contributed by atoms with van der Waals surface area (Å²) < 4.78 is 6.12. The molecule has 2 unspecified atom stereocenters. The van der Waals surface area contributed by atoms with Crippen LogP contribution in [0.1, 0.15) is 46.0 Å². The Morgan fingerprint density at radius 3 is 3.00 bits per heavy atom. The van der Waals surface area contributed by atoms with Gasteiger partial charge in [0.15, 0.2) is 4.34 Å². The topological polar surface area (TPSA) is 76.1 Å². The molecule has 0 aromatic carbocycles. The first-order chi connectivity index (χ1) is 11.7. The molecule has 0 spiro atoms. The molecule has 0 aliphatic heterocycles. The summed E-state index contributed by atoms with van der Waals surface area (Å²) in [4.78, 5) is 12.1. The fraction of sp³-hybridized carbons (Fsp3) is 0.812. The molecule has 6 nitrogen and oxygen atoms in total. The highest BCUT2D eigenvalue weighted by Gasteiger charge is 2.22. The van der Waals surface area contributed by atoms with Gasteiger partial charge in [-0.1, -0.05) is 42.9 Å². The number of nitrogens with zero attached hydrogens (tertiary/aromatic N) is 2. The molecule has 2 rings (SSSR count). The van der Waals surface area contributed by atoms with Gasteiger partial charge >= 0.3 is 0 Å². The molecule has 8 heteroatoms.